The number of amides is 1. The molecule has 36 heavy (non-hydrogen) atoms. The largest absolute Gasteiger partial charge is 0.497 e. The van der Waals surface area contributed by atoms with Gasteiger partial charge in [0.25, 0.3) is 5.69 Å². The second kappa shape index (κ2) is 9.92. The van der Waals surface area contributed by atoms with E-state index in [2.05, 4.69) is 20.5 Å². The first kappa shape index (κ1) is 23.1. The summed E-state index contributed by atoms with van der Waals surface area (Å²) < 4.78 is 7.28. The van der Waals surface area contributed by atoms with Gasteiger partial charge in [0.2, 0.25) is 5.91 Å². The van der Waals surface area contributed by atoms with E-state index in [0.717, 1.165) is 22.2 Å². The van der Waals surface area contributed by atoms with Crippen molar-refractivity contribution in [1.82, 2.24) is 19.7 Å². The third-order valence-corrected chi connectivity index (χ3v) is 6.38. The fourth-order valence-corrected chi connectivity index (χ4v) is 4.55. The molecular formula is C25H20N6O4S. The molecule has 0 saturated carbocycles. The molecule has 180 valence electrons. The Hall–Kier alpha value is -4.64. The second-order valence-electron chi connectivity index (χ2n) is 7.74. The van der Waals surface area contributed by atoms with Crippen LogP contribution < -0.4 is 10.1 Å². The number of aromatic nitrogens is 4. The van der Waals surface area contributed by atoms with Crippen molar-refractivity contribution in [3.63, 3.8) is 0 Å². The maximum absolute atomic E-state index is 12.6. The zero-order chi connectivity index (χ0) is 25.1. The standard InChI is InChI=1S/C25H20N6O4S/c1-35-19-9-5-7-17(13-19)30-24(21-14-26-22-11-3-2-10-20(21)22)28-29-25(30)36-15-23(32)27-16-6-4-8-18(12-16)31(33)34/h2-14,26H,15H2,1H3,(H,27,32). The number of hydrogen-bond donors (Lipinski definition) is 2. The summed E-state index contributed by atoms with van der Waals surface area (Å²) >= 11 is 1.21. The lowest BCUT2D eigenvalue weighted by atomic mass is 10.1. The highest BCUT2D eigenvalue weighted by Gasteiger charge is 2.20. The number of nitrogens with zero attached hydrogens (tertiary/aromatic N) is 4. The normalized spacial score (nSPS) is 10.9. The summed E-state index contributed by atoms with van der Waals surface area (Å²) in [5.41, 5.74) is 2.87. The molecule has 2 heterocycles. The number of carbonyl (C=O) groups is 1. The van der Waals surface area contributed by atoms with Gasteiger partial charge < -0.3 is 15.0 Å². The first-order valence-corrected chi connectivity index (χ1v) is 11.9. The molecule has 0 fully saturated rings. The van der Waals surface area contributed by atoms with Crippen molar-refractivity contribution in [3.05, 3.63) is 89.1 Å². The molecule has 2 N–H and O–H groups in total. The maximum Gasteiger partial charge on any atom is 0.271 e. The molecule has 5 rings (SSSR count). The molecule has 0 spiro atoms. The minimum Gasteiger partial charge on any atom is -0.497 e. The van der Waals surface area contributed by atoms with Crippen LogP contribution in [0, 0.1) is 10.1 Å². The van der Waals surface area contributed by atoms with Crippen LogP contribution in [0.15, 0.2) is 84.1 Å². The Morgan fingerprint density at radius 2 is 1.94 bits per heavy atom. The Balaban J connectivity index is 1.46. The number of nitro benzene ring substituents is 1. The van der Waals surface area contributed by atoms with Crippen LogP contribution in [0.5, 0.6) is 5.75 Å². The van der Waals surface area contributed by atoms with Crippen molar-refractivity contribution >= 4 is 39.9 Å². The Labute approximate surface area is 209 Å². The number of ether oxygens (including phenoxy) is 1. The fourth-order valence-electron chi connectivity index (χ4n) is 3.80. The van der Waals surface area contributed by atoms with E-state index < -0.39 is 4.92 Å². The molecule has 0 aliphatic rings. The van der Waals surface area contributed by atoms with Crippen LogP contribution in [-0.4, -0.2) is 43.4 Å². The molecule has 5 aromatic rings. The molecule has 2 aromatic heterocycles. The number of fused-ring (bicyclic) bond motifs is 1. The zero-order valence-electron chi connectivity index (χ0n) is 19.0. The van der Waals surface area contributed by atoms with Crippen LogP contribution in [0.3, 0.4) is 0 Å². The highest BCUT2D eigenvalue weighted by atomic mass is 32.2. The minimum atomic E-state index is -0.507. The van der Waals surface area contributed by atoms with Gasteiger partial charge in [0.1, 0.15) is 5.75 Å². The number of anilines is 1. The van der Waals surface area contributed by atoms with Crippen molar-refractivity contribution < 1.29 is 14.5 Å². The Bertz CT molecular complexity index is 1580. The number of aromatic amines is 1. The predicted octanol–water partition coefficient (Wildman–Crippen LogP) is 5.06. The fraction of sp³-hybridized carbons (Fsp3) is 0.0800. The third-order valence-electron chi connectivity index (χ3n) is 5.45. The molecule has 3 aromatic carbocycles. The molecule has 11 heteroatoms. The third kappa shape index (κ3) is 4.64. The van der Waals surface area contributed by atoms with Gasteiger partial charge in [-0.1, -0.05) is 42.1 Å². The molecule has 1 amide bonds. The topological polar surface area (TPSA) is 128 Å². The van der Waals surface area contributed by atoms with E-state index in [-0.39, 0.29) is 17.3 Å². The zero-order valence-corrected chi connectivity index (χ0v) is 19.9. The van der Waals surface area contributed by atoms with Crippen molar-refractivity contribution in [2.75, 3.05) is 18.2 Å². The van der Waals surface area contributed by atoms with Gasteiger partial charge in [-0.2, -0.15) is 0 Å². The number of hydrogen-bond acceptors (Lipinski definition) is 7. The lowest BCUT2D eigenvalue weighted by molar-refractivity contribution is -0.384. The summed E-state index contributed by atoms with van der Waals surface area (Å²) in [5.74, 6) is 0.987. The predicted molar refractivity (Wildman–Crippen MR) is 138 cm³/mol. The number of thioether (sulfide) groups is 1. The van der Waals surface area contributed by atoms with Crippen LogP contribution in [0.2, 0.25) is 0 Å². The number of carbonyl (C=O) groups excluding carboxylic acids is 1. The van der Waals surface area contributed by atoms with Crippen LogP contribution in [0.4, 0.5) is 11.4 Å². The maximum atomic E-state index is 12.6. The molecule has 0 bridgehead atoms. The molecule has 0 aliphatic carbocycles. The van der Waals surface area contributed by atoms with Gasteiger partial charge in [-0.25, -0.2) is 0 Å². The molecule has 0 radical (unpaired) electrons. The van der Waals surface area contributed by atoms with E-state index in [1.54, 1.807) is 13.2 Å². The van der Waals surface area contributed by atoms with E-state index in [0.29, 0.717) is 22.4 Å². The number of para-hydroxylation sites is 1. The first-order chi connectivity index (χ1) is 17.5. The molecule has 0 aliphatic heterocycles. The Kier molecular flexibility index (Phi) is 6.37. The molecule has 10 nitrogen and oxygen atoms in total. The van der Waals surface area contributed by atoms with Crippen LogP contribution in [0.25, 0.3) is 28.0 Å². The number of nitro groups is 1. The Morgan fingerprint density at radius 3 is 2.78 bits per heavy atom. The van der Waals surface area contributed by atoms with E-state index >= 15 is 0 Å². The van der Waals surface area contributed by atoms with Crippen LogP contribution in [-0.2, 0) is 4.79 Å². The van der Waals surface area contributed by atoms with Crippen LogP contribution in [0.1, 0.15) is 0 Å². The summed E-state index contributed by atoms with van der Waals surface area (Å²) in [4.78, 5) is 26.4. The van der Waals surface area contributed by atoms with Gasteiger partial charge in [0, 0.05) is 46.5 Å². The smallest absolute Gasteiger partial charge is 0.271 e. The summed E-state index contributed by atoms with van der Waals surface area (Å²) in [6, 6.07) is 21.2. The quantitative estimate of drug-likeness (QED) is 0.173. The summed E-state index contributed by atoms with van der Waals surface area (Å²) in [7, 11) is 1.60. The van der Waals surface area contributed by atoms with E-state index in [1.165, 1.54) is 30.0 Å². The monoisotopic (exact) mass is 500 g/mol. The minimum absolute atomic E-state index is 0.0265. The highest BCUT2D eigenvalue weighted by molar-refractivity contribution is 7.99. The number of non-ortho nitro benzene ring substituents is 1. The lowest BCUT2D eigenvalue weighted by Gasteiger charge is -2.11. The molecule has 0 saturated heterocycles. The highest BCUT2D eigenvalue weighted by Crippen LogP contribution is 2.33. The SMILES string of the molecule is COc1cccc(-n2c(SCC(=O)Nc3cccc([N+](=O)[O-])c3)nnc2-c2c[nH]c3ccccc23)c1. The average molecular weight is 501 g/mol. The van der Waals surface area contributed by atoms with Gasteiger partial charge in [0.05, 0.1) is 23.5 Å². The number of benzene rings is 3. The number of H-pyrrole nitrogens is 1. The van der Waals surface area contributed by atoms with Crippen molar-refractivity contribution in [2.24, 2.45) is 0 Å². The van der Waals surface area contributed by atoms with E-state index in [4.69, 9.17) is 4.74 Å². The molecular weight excluding hydrogens is 480 g/mol. The lowest BCUT2D eigenvalue weighted by Crippen LogP contribution is -2.14. The van der Waals surface area contributed by atoms with Gasteiger partial charge in [-0.15, -0.1) is 10.2 Å². The Morgan fingerprint density at radius 1 is 1.11 bits per heavy atom. The molecule has 0 atom stereocenters. The first-order valence-electron chi connectivity index (χ1n) is 10.9. The summed E-state index contributed by atoms with van der Waals surface area (Å²) in [6.07, 6.45) is 1.88. The van der Waals surface area contributed by atoms with Gasteiger partial charge in [-0.05, 0) is 24.3 Å². The summed E-state index contributed by atoms with van der Waals surface area (Å²) in [5, 5.41) is 24.0. The van der Waals surface area contributed by atoms with E-state index in [9.17, 15) is 14.9 Å². The van der Waals surface area contributed by atoms with E-state index in [1.807, 2.05) is 59.3 Å². The number of nitrogens with one attached hydrogen (secondary N) is 2. The van der Waals surface area contributed by atoms with Gasteiger partial charge >= 0.3 is 0 Å². The molecule has 0 unspecified atom stereocenters. The van der Waals surface area contributed by atoms with Gasteiger partial charge in [-0.3, -0.25) is 19.5 Å². The van der Waals surface area contributed by atoms with Crippen molar-refractivity contribution in [1.29, 1.82) is 0 Å². The second-order valence-corrected chi connectivity index (χ2v) is 8.68. The average Bonchev–Trinajstić information content (AvgIpc) is 3.51. The van der Waals surface area contributed by atoms with Gasteiger partial charge in [0.15, 0.2) is 11.0 Å². The number of methoxy groups -OCH3 is 1. The number of rotatable bonds is 8. The summed E-state index contributed by atoms with van der Waals surface area (Å²) in [6.45, 7) is 0. The van der Waals surface area contributed by atoms with Crippen molar-refractivity contribution in [2.45, 2.75) is 5.16 Å². The van der Waals surface area contributed by atoms with Crippen molar-refractivity contribution in [3.8, 4) is 22.8 Å². The van der Waals surface area contributed by atoms with Crippen LogP contribution >= 0.6 is 11.8 Å².